The number of amides is 1. The summed E-state index contributed by atoms with van der Waals surface area (Å²) < 4.78 is 7.69. The molecule has 1 amide bonds. The number of anilines is 1. The zero-order valence-electron chi connectivity index (χ0n) is 18.5. The number of allylic oxidation sites excluding steroid dienone is 1. The van der Waals surface area contributed by atoms with E-state index >= 15 is 0 Å². The minimum atomic E-state index is -0.483. The Bertz CT molecular complexity index is 1150. The van der Waals surface area contributed by atoms with E-state index in [2.05, 4.69) is 41.4 Å². The number of hydrogen-bond donors (Lipinski definition) is 2. The van der Waals surface area contributed by atoms with Crippen molar-refractivity contribution >= 4 is 23.6 Å². The number of benzene rings is 2. The van der Waals surface area contributed by atoms with E-state index < -0.39 is 11.9 Å². The first-order valence-corrected chi connectivity index (χ1v) is 11.6. The molecule has 2 heterocycles. The first kappa shape index (κ1) is 22.0. The predicted octanol–water partition coefficient (Wildman–Crippen LogP) is 4.44. The van der Waals surface area contributed by atoms with Crippen molar-refractivity contribution in [1.29, 1.82) is 0 Å². The second-order valence-corrected chi connectivity index (χ2v) is 8.85. The van der Waals surface area contributed by atoms with Gasteiger partial charge in [0.2, 0.25) is 17.0 Å². The monoisotopic (exact) mass is 449 g/mol. The maximum Gasteiger partial charge on any atom is 0.248 e. The van der Waals surface area contributed by atoms with Crippen LogP contribution in [-0.4, -0.2) is 26.4 Å². The molecule has 0 bridgehead atoms. The largest absolute Gasteiger partial charge is 0.489 e. The number of carbonyl (C=O) groups is 1. The highest BCUT2D eigenvalue weighted by molar-refractivity contribution is 7.99. The fourth-order valence-electron chi connectivity index (χ4n) is 3.73. The number of aromatic nitrogens is 3. The molecule has 166 valence electrons. The highest BCUT2D eigenvalue weighted by Crippen LogP contribution is 2.36. The molecule has 0 spiro atoms. The number of nitrogens with zero attached hydrogens (tertiary/aromatic N) is 3. The second-order valence-electron chi connectivity index (χ2n) is 7.79. The van der Waals surface area contributed by atoms with E-state index in [1.165, 1.54) is 5.56 Å². The van der Waals surface area contributed by atoms with Crippen LogP contribution in [0.5, 0.6) is 5.75 Å². The summed E-state index contributed by atoms with van der Waals surface area (Å²) in [7, 11) is 0. The standard InChI is InChI=1S/C24H27N5O2S/c1-4-12-32-24-27-23-26-16(3)20(22(25)30)21(29(23)28-24)18-8-10-19(11-9-18)31-14-17-7-5-6-15(2)13-17/h5-11,13,21H,4,12,14H2,1-3H3,(H2,25,30)(H,26,27,28). The van der Waals surface area contributed by atoms with Crippen LogP contribution in [-0.2, 0) is 11.4 Å². The van der Waals surface area contributed by atoms with Crippen LogP contribution in [0.1, 0.15) is 43.0 Å². The highest BCUT2D eigenvalue weighted by atomic mass is 32.2. The van der Waals surface area contributed by atoms with Gasteiger partial charge in [-0.15, -0.1) is 5.10 Å². The molecule has 7 nitrogen and oxygen atoms in total. The third kappa shape index (κ3) is 4.65. The van der Waals surface area contributed by atoms with Crippen molar-refractivity contribution in [1.82, 2.24) is 14.8 Å². The Morgan fingerprint density at radius 2 is 2.00 bits per heavy atom. The van der Waals surface area contributed by atoms with Crippen LogP contribution in [0.2, 0.25) is 0 Å². The molecule has 1 atom stereocenters. The molecule has 0 radical (unpaired) electrons. The van der Waals surface area contributed by atoms with Gasteiger partial charge >= 0.3 is 0 Å². The fraction of sp³-hybridized carbons (Fsp3) is 0.292. The zero-order chi connectivity index (χ0) is 22.7. The summed E-state index contributed by atoms with van der Waals surface area (Å²) in [4.78, 5) is 16.9. The first-order chi connectivity index (χ1) is 15.5. The Morgan fingerprint density at radius 1 is 1.22 bits per heavy atom. The minimum absolute atomic E-state index is 0.446. The fourth-order valence-corrected chi connectivity index (χ4v) is 4.41. The Hall–Kier alpha value is -3.26. The summed E-state index contributed by atoms with van der Waals surface area (Å²) in [6.07, 6.45) is 1.03. The molecule has 0 saturated heterocycles. The van der Waals surface area contributed by atoms with Gasteiger partial charge in [-0.3, -0.25) is 4.79 Å². The van der Waals surface area contributed by atoms with Crippen LogP contribution in [0.3, 0.4) is 0 Å². The van der Waals surface area contributed by atoms with E-state index in [0.717, 1.165) is 29.1 Å². The third-order valence-corrected chi connectivity index (χ3v) is 6.26. The number of fused-ring (bicyclic) bond motifs is 1. The average Bonchev–Trinajstić information content (AvgIpc) is 3.18. The van der Waals surface area contributed by atoms with Gasteiger partial charge in [-0.25, -0.2) is 4.68 Å². The Balaban J connectivity index is 1.60. The molecule has 1 aliphatic heterocycles. The maximum absolute atomic E-state index is 12.3. The van der Waals surface area contributed by atoms with Crippen LogP contribution < -0.4 is 15.8 Å². The predicted molar refractivity (Wildman–Crippen MR) is 127 cm³/mol. The first-order valence-electron chi connectivity index (χ1n) is 10.6. The summed E-state index contributed by atoms with van der Waals surface area (Å²) in [5.74, 6) is 1.80. The van der Waals surface area contributed by atoms with Crippen LogP contribution in [0.25, 0.3) is 0 Å². The van der Waals surface area contributed by atoms with Crippen molar-refractivity contribution in [3.8, 4) is 5.75 Å². The smallest absolute Gasteiger partial charge is 0.248 e. The lowest BCUT2D eigenvalue weighted by atomic mass is 9.95. The van der Waals surface area contributed by atoms with Gasteiger partial charge in [0.05, 0.1) is 5.57 Å². The summed E-state index contributed by atoms with van der Waals surface area (Å²) in [5.41, 5.74) is 10.1. The van der Waals surface area contributed by atoms with Gasteiger partial charge in [0.1, 0.15) is 18.4 Å². The Kier molecular flexibility index (Phi) is 6.50. The third-order valence-electron chi connectivity index (χ3n) is 5.22. The Morgan fingerprint density at radius 3 is 2.69 bits per heavy atom. The van der Waals surface area contributed by atoms with E-state index in [4.69, 9.17) is 10.5 Å². The van der Waals surface area contributed by atoms with E-state index in [1.807, 2.05) is 43.3 Å². The molecule has 32 heavy (non-hydrogen) atoms. The number of rotatable bonds is 8. The van der Waals surface area contributed by atoms with Crippen molar-refractivity contribution in [3.05, 3.63) is 76.5 Å². The van der Waals surface area contributed by atoms with Gasteiger partial charge in [-0.05, 0) is 43.5 Å². The van der Waals surface area contributed by atoms with Gasteiger partial charge < -0.3 is 15.8 Å². The van der Waals surface area contributed by atoms with E-state index in [-0.39, 0.29) is 0 Å². The lowest BCUT2D eigenvalue weighted by molar-refractivity contribution is -0.115. The normalized spacial score (nSPS) is 15.3. The lowest BCUT2D eigenvalue weighted by Gasteiger charge is -2.27. The van der Waals surface area contributed by atoms with E-state index in [0.29, 0.717) is 29.0 Å². The number of thioether (sulfide) groups is 1. The van der Waals surface area contributed by atoms with Gasteiger partial charge in [0.15, 0.2) is 0 Å². The maximum atomic E-state index is 12.3. The highest BCUT2D eigenvalue weighted by Gasteiger charge is 2.33. The molecule has 3 aromatic rings. The van der Waals surface area contributed by atoms with Gasteiger partial charge in [-0.1, -0.05) is 60.6 Å². The van der Waals surface area contributed by atoms with Crippen LogP contribution >= 0.6 is 11.8 Å². The molecule has 0 saturated carbocycles. The molecular weight excluding hydrogens is 422 g/mol. The topological polar surface area (TPSA) is 95.1 Å². The minimum Gasteiger partial charge on any atom is -0.489 e. The molecule has 8 heteroatoms. The summed E-state index contributed by atoms with van der Waals surface area (Å²) in [6.45, 7) is 6.51. The van der Waals surface area contributed by atoms with Crippen LogP contribution in [0.4, 0.5) is 5.95 Å². The number of primary amides is 1. The number of nitrogens with two attached hydrogens (primary N) is 1. The van der Waals surface area contributed by atoms with Gasteiger partial charge in [-0.2, -0.15) is 4.98 Å². The number of nitrogens with one attached hydrogen (secondary N) is 1. The molecule has 3 N–H and O–H groups in total. The zero-order valence-corrected chi connectivity index (χ0v) is 19.3. The quantitative estimate of drug-likeness (QED) is 0.494. The number of carbonyl (C=O) groups excluding carboxylic acids is 1. The number of ether oxygens (including phenoxy) is 1. The van der Waals surface area contributed by atoms with Crippen LogP contribution in [0, 0.1) is 6.92 Å². The van der Waals surface area contributed by atoms with Gasteiger partial charge in [0.25, 0.3) is 0 Å². The molecule has 1 aromatic heterocycles. The molecule has 4 rings (SSSR count). The molecule has 2 aromatic carbocycles. The van der Waals surface area contributed by atoms with Crippen LogP contribution in [0.15, 0.2) is 65.0 Å². The summed E-state index contributed by atoms with van der Waals surface area (Å²) in [6, 6.07) is 15.5. The molecule has 0 aliphatic carbocycles. The van der Waals surface area contributed by atoms with E-state index in [1.54, 1.807) is 16.4 Å². The number of aryl methyl sites for hydroxylation is 1. The van der Waals surface area contributed by atoms with Crippen molar-refractivity contribution < 1.29 is 9.53 Å². The lowest BCUT2D eigenvalue weighted by Crippen LogP contribution is -2.31. The van der Waals surface area contributed by atoms with Crippen molar-refractivity contribution in [2.24, 2.45) is 5.73 Å². The summed E-state index contributed by atoms with van der Waals surface area (Å²) >= 11 is 1.59. The van der Waals surface area contributed by atoms with Crippen molar-refractivity contribution in [2.75, 3.05) is 11.1 Å². The Labute approximate surface area is 192 Å². The molecule has 1 aliphatic rings. The van der Waals surface area contributed by atoms with E-state index in [9.17, 15) is 4.79 Å². The SMILES string of the molecule is CCCSc1nc2n(n1)C(c1ccc(OCc3cccc(C)c3)cc1)C(C(N)=O)=C(C)N2. The van der Waals surface area contributed by atoms with Crippen molar-refractivity contribution in [2.45, 2.75) is 45.0 Å². The molecule has 0 fully saturated rings. The van der Waals surface area contributed by atoms with Gasteiger partial charge in [0, 0.05) is 11.4 Å². The van der Waals surface area contributed by atoms with Crippen molar-refractivity contribution in [3.63, 3.8) is 0 Å². The molecule has 1 unspecified atom stereocenters. The molecular formula is C24H27N5O2S. The summed E-state index contributed by atoms with van der Waals surface area (Å²) in [5, 5.41) is 8.50. The average molecular weight is 450 g/mol. The number of hydrogen-bond acceptors (Lipinski definition) is 6. The second kappa shape index (κ2) is 9.48.